The fourth-order valence-electron chi connectivity index (χ4n) is 3.92. The predicted octanol–water partition coefficient (Wildman–Crippen LogP) is 7.96. The number of carbonyl (C=O) groups is 2. The number of hydrogen-bond acceptors (Lipinski definition) is 4. The van der Waals surface area contributed by atoms with Crippen LogP contribution in [0.15, 0.2) is 18.2 Å². The molecule has 4 nitrogen and oxygen atoms in total. The first-order chi connectivity index (χ1) is 15.4. The second-order valence-corrected chi connectivity index (χ2v) is 9.19. The van der Waals surface area contributed by atoms with Crippen molar-refractivity contribution in [1.82, 2.24) is 0 Å². The summed E-state index contributed by atoms with van der Waals surface area (Å²) in [5, 5.41) is 1.75. The van der Waals surface area contributed by atoms with Gasteiger partial charge < -0.3 is 45.9 Å². The average Bonchev–Trinajstić information content (AvgIpc) is 2.73. The van der Waals surface area contributed by atoms with Gasteiger partial charge in [-0.15, -0.1) is 0 Å². The molecule has 0 aliphatic heterocycles. The Morgan fingerprint density at radius 2 is 1.18 bits per heavy atom. The Bertz CT molecular complexity index is 626. The van der Waals surface area contributed by atoms with E-state index in [0.29, 0.717) is 0 Å². The Hall–Kier alpha value is -0.777. The first-order valence-corrected chi connectivity index (χ1v) is 13.3. The normalized spacial score (nSPS) is 10.0. The van der Waals surface area contributed by atoms with Gasteiger partial charge in [0.2, 0.25) is 0 Å². The van der Waals surface area contributed by atoms with Crippen molar-refractivity contribution in [2.45, 2.75) is 117 Å². The summed E-state index contributed by atoms with van der Waals surface area (Å²) in [6.45, 7) is 4.53. The molecule has 0 spiro atoms. The van der Waals surface area contributed by atoms with Gasteiger partial charge in [-0.3, -0.25) is 0 Å². The van der Waals surface area contributed by atoms with Crippen molar-refractivity contribution in [3.05, 3.63) is 29.3 Å². The number of benzene rings is 1. The van der Waals surface area contributed by atoms with Crippen LogP contribution >= 0.6 is 0 Å². The van der Waals surface area contributed by atoms with Crippen LogP contribution in [0.5, 0.6) is 0 Å². The minimum Gasteiger partial charge on any atom is -0.719 e. The number of amides is 2. The van der Waals surface area contributed by atoms with Gasteiger partial charge in [-0.25, -0.2) is 0 Å². The van der Waals surface area contributed by atoms with Gasteiger partial charge in [-0.05, 0) is 42.9 Å². The number of aryl methyl sites for hydroxylation is 1. The monoisotopic (exact) mass is 544 g/mol. The van der Waals surface area contributed by atoms with E-state index < -0.39 is 5.24 Å². The Morgan fingerprint density at radius 3 is 1.64 bits per heavy atom. The van der Waals surface area contributed by atoms with Crippen molar-refractivity contribution in [2.24, 2.45) is 5.73 Å². The van der Waals surface area contributed by atoms with Crippen molar-refractivity contribution >= 4 is 41.4 Å². The maximum absolute atomic E-state index is 11.4. The average molecular weight is 546 g/mol. The molecule has 3 N–H and O–H groups in total. The zero-order chi connectivity index (χ0) is 24.0. The summed E-state index contributed by atoms with van der Waals surface area (Å²) in [6.07, 6.45) is 20.6. The van der Waals surface area contributed by atoms with Crippen LogP contribution in [0, 0.1) is 0 Å². The summed E-state index contributed by atoms with van der Waals surface area (Å²) in [7, 11) is 0. The fraction of sp³-hybridized carbons (Fsp3) is 0.692. The van der Waals surface area contributed by atoms with E-state index in [1.165, 1.54) is 101 Å². The van der Waals surface area contributed by atoms with Gasteiger partial charge in [0, 0.05) is 5.69 Å². The third kappa shape index (κ3) is 21.5. The van der Waals surface area contributed by atoms with Crippen molar-refractivity contribution in [3.8, 4) is 0 Å². The van der Waals surface area contributed by atoms with E-state index in [4.69, 9.17) is 17.4 Å². The molecule has 0 unspecified atom stereocenters. The molecule has 1 aromatic rings. The molecule has 0 radical (unpaired) electrons. The van der Waals surface area contributed by atoms with Crippen LogP contribution in [0.1, 0.15) is 115 Å². The van der Waals surface area contributed by atoms with E-state index in [9.17, 15) is 4.79 Å². The number of nitrogens with two attached hydrogens (primary N) is 1. The first-order valence-electron chi connectivity index (χ1n) is 12.5. The Kier molecular flexibility index (Phi) is 25.4. The fourth-order valence-corrected chi connectivity index (χ4v) is 4.03. The van der Waals surface area contributed by atoms with Crippen LogP contribution in [0.4, 0.5) is 15.3 Å². The van der Waals surface area contributed by atoms with Crippen LogP contribution in [-0.4, -0.2) is 10.5 Å². The van der Waals surface area contributed by atoms with Crippen molar-refractivity contribution in [2.75, 3.05) is 5.32 Å². The summed E-state index contributed by atoms with van der Waals surface area (Å²) in [6, 6.07) is 6.31. The molecule has 1 rings (SSSR count). The van der Waals surface area contributed by atoms with E-state index >= 15 is 0 Å². The third-order valence-electron chi connectivity index (χ3n) is 5.59. The molecule has 7 heteroatoms. The SMILES string of the molecule is CCCCCCCCCc1cccc(NC(=O)[S-])c1CCCCCCCCC.NC(=O)[S-].[Zn+2]. The molecule has 0 aliphatic carbocycles. The minimum atomic E-state index is -0.750. The van der Waals surface area contributed by atoms with Crippen molar-refractivity contribution in [3.63, 3.8) is 0 Å². The standard InChI is InChI=1S/C25H43NOS.CH3NOS.Zn/c1-3-5-7-9-11-13-15-18-22-19-17-21-24(26-25(27)28)23(22)20-16-14-12-10-8-6-4-2;2-1(3)4;/h17,19,21H,3-16,18,20H2,1-2H3,(H2,26,27,28);(H3,2,3,4);/q;;+2/p-2. The number of primary amides is 1. The zero-order valence-electron chi connectivity index (χ0n) is 21.0. The van der Waals surface area contributed by atoms with E-state index in [-0.39, 0.29) is 24.7 Å². The van der Waals surface area contributed by atoms with Gasteiger partial charge in [-0.2, -0.15) is 0 Å². The Balaban J connectivity index is 0. The Morgan fingerprint density at radius 1 is 0.758 bits per heavy atom. The molecule has 0 saturated heterocycles. The van der Waals surface area contributed by atoms with Gasteiger partial charge in [0.25, 0.3) is 0 Å². The number of unbranched alkanes of at least 4 members (excludes halogenated alkanes) is 12. The topological polar surface area (TPSA) is 72.2 Å². The number of anilines is 1. The molecule has 0 aliphatic rings. The number of nitrogens with one attached hydrogen (secondary N) is 1. The van der Waals surface area contributed by atoms with Gasteiger partial charge in [-0.1, -0.05) is 103 Å². The summed E-state index contributed by atoms with van der Waals surface area (Å²) in [5.74, 6) is 0. The van der Waals surface area contributed by atoms with Gasteiger partial charge in [0.05, 0.1) is 5.24 Å². The quantitative estimate of drug-likeness (QED) is 0.118. The van der Waals surface area contributed by atoms with E-state index in [2.05, 4.69) is 49.7 Å². The number of hydrogen-bond donors (Lipinski definition) is 2. The maximum atomic E-state index is 11.4. The van der Waals surface area contributed by atoms with Crippen LogP contribution in [-0.2, 0) is 57.6 Å². The smallest absolute Gasteiger partial charge is 0.719 e. The summed E-state index contributed by atoms with van der Waals surface area (Å²) >= 11 is 8.52. The number of carbonyl (C=O) groups excluding carboxylic acids is 2. The summed E-state index contributed by atoms with van der Waals surface area (Å²) < 4.78 is 0. The molecule has 0 fully saturated rings. The molecule has 1 aromatic carbocycles. The van der Waals surface area contributed by atoms with Gasteiger partial charge in [0.15, 0.2) is 0 Å². The minimum absolute atomic E-state index is 0. The molecule has 0 aromatic heterocycles. The molecular formula is C26H44N2O2S2Zn. The molecule has 0 atom stereocenters. The summed E-state index contributed by atoms with van der Waals surface area (Å²) in [5.41, 5.74) is 7.95. The van der Waals surface area contributed by atoms with Gasteiger partial charge in [0.1, 0.15) is 5.24 Å². The van der Waals surface area contributed by atoms with Crippen LogP contribution in [0.3, 0.4) is 0 Å². The molecule has 33 heavy (non-hydrogen) atoms. The zero-order valence-corrected chi connectivity index (χ0v) is 25.6. The largest absolute Gasteiger partial charge is 2.00 e. The first kappa shape index (κ1) is 34.4. The van der Waals surface area contributed by atoms with Crippen molar-refractivity contribution < 1.29 is 29.1 Å². The van der Waals surface area contributed by atoms with Crippen molar-refractivity contribution in [1.29, 1.82) is 0 Å². The molecule has 2 amide bonds. The van der Waals surface area contributed by atoms with E-state index in [1.807, 2.05) is 6.07 Å². The molecule has 0 heterocycles. The van der Waals surface area contributed by atoms with E-state index in [1.54, 1.807) is 0 Å². The van der Waals surface area contributed by atoms with Crippen LogP contribution in [0.25, 0.3) is 0 Å². The maximum Gasteiger partial charge on any atom is 2.00 e. The third-order valence-corrected chi connectivity index (χ3v) is 5.69. The second-order valence-electron chi connectivity index (χ2n) is 8.42. The van der Waals surface area contributed by atoms with Crippen LogP contribution in [0.2, 0.25) is 0 Å². The molecule has 184 valence electrons. The summed E-state index contributed by atoms with van der Waals surface area (Å²) in [4.78, 5) is 20.5. The number of rotatable bonds is 17. The predicted molar refractivity (Wildman–Crippen MR) is 143 cm³/mol. The molecule has 0 saturated carbocycles. The second kappa shape index (κ2) is 24.4. The molecule has 0 bridgehead atoms. The van der Waals surface area contributed by atoms with Gasteiger partial charge >= 0.3 is 19.5 Å². The Labute approximate surface area is 226 Å². The molecular weight excluding hydrogens is 502 g/mol. The van der Waals surface area contributed by atoms with E-state index in [0.717, 1.165) is 18.5 Å². The van der Waals surface area contributed by atoms with Crippen LogP contribution < -0.4 is 11.1 Å².